The molecule has 0 heterocycles. The second-order valence-corrected chi connectivity index (χ2v) is 5.72. The van der Waals surface area contributed by atoms with Crippen LogP contribution < -0.4 is 5.73 Å². The molecule has 0 bridgehead atoms. The first-order chi connectivity index (χ1) is 8.73. The Labute approximate surface area is 106 Å². The maximum atomic E-state index is 13.8. The average molecular weight is 241 g/mol. The van der Waals surface area contributed by atoms with E-state index in [0.29, 0.717) is 17.2 Å². The Kier molecular flexibility index (Phi) is 1.94. The third kappa shape index (κ3) is 1.14. The Morgan fingerprint density at radius 1 is 1.00 bits per heavy atom. The minimum atomic E-state index is -0.189. The van der Waals surface area contributed by atoms with Gasteiger partial charge in [0.1, 0.15) is 5.82 Å². The molecule has 2 aromatic carbocycles. The Balaban J connectivity index is 1.94. The lowest BCUT2D eigenvalue weighted by molar-refractivity contribution is 0.529. The van der Waals surface area contributed by atoms with Gasteiger partial charge in [-0.1, -0.05) is 36.8 Å². The topological polar surface area (TPSA) is 26.0 Å². The van der Waals surface area contributed by atoms with Crippen molar-refractivity contribution in [3.05, 3.63) is 47.8 Å². The van der Waals surface area contributed by atoms with Crippen LogP contribution in [-0.4, -0.2) is 0 Å². The van der Waals surface area contributed by atoms with Crippen LogP contribution in [0.2, 0.25) is 0 Å². The Bertz CT molecular complexity index is 624. The van der Waals surface area contributed by atoms with E-state index in [-0.39, 0.29) is 11.4 Å². The maximum Gasteiger partial charge on any atom is 0.131 e. The van der Waals surface area contributed by atoms with E-state index in [4.69, 9.17) is 5.73 Å². The van der Waals surface area contributed by atoms with E-state index < -0.39 is 0 Å². The lowest BCUT2D eigenvalue weighted by Crippen LogP contribution is -2.26. The summed E-state index contributed by atoms with van der Waals surface area (Å²) in [5, 5.41) is 1.69. The molecule has 2 fully saturated rings. The molecule has 2 heteroatoms. The fourth-order valence-electron chi connectivity index (χ4n) is 4.04. The third-order valence-corrected chi connectivity index (χ3v) is 4.97. The predicted molar refractivity (Wildman–Crippen MR) is 70.6 cm³/mol. The van der Waals surface area contributed by atoms with Gasteiger partial charge in [-0.05, 0) is 41.7 Å². The molecule has 0 aromatic heterocycles. The second-order valence-electron chi connectivity index (χ2n) is 5.72. The van der Waals surface area contributed by atoms with Gasteiger partial charge in [0.25, 0.3) is 0 Å². The Morgan fingerprint density at radius 3 is 2.39 bits per heavy atom. The van der Waals surface area contributed by atoms with Crippen LogP contribution in [0.4, 0.5) is 4.39 Å². The van der Waals surface area contributed by atoms with Gasteiger partial charge in [-0.25, -0.2) is 4.39 Å². The van der Waals surface area contributed by atoms with Crippen LogP contribution in [0, 0.1) is 17.7 Å². The molecule has 2 atom stereocenters. The van der Waals surface area contributed by atoms with Crippen LogP contribution in [0.5, 0.6) is 0 Å². The van der Waals surface area contributed by atoms with Gasteiger partial charge >= 0.3 is 0 Å². The predicted octanol–water partition coefficient (Wildman–Crippen LogP) is 3.56. The molecule has 0 amide bonds. The number of halogens is 1. The zero-order valence-corrected chi connectivity index (χ0v) is 10.2. The number of nitrogens with two attached hydrogens (primary N) is 1. The summed E-state index contributed by atoms with van der Waals surface area (Å²) in [4.78, 5) is 0. The molecule has 0 radical (unpaired) electrons. The summed E-state index contributed by atoms with van der Waals surface area (Å²) in [6.45, 7) is 0. The summed E-state index contributed by atoms with van der Waals surface area (Å²) in [7, 11) is 0. The minimum absolute atomic E-state index is 0.149. The first-order valence-electron chi connectivity index (χ1n) is 6.69. The van der Waals surface area contributed by atoms with Crippen molar-refractivity contribution in [2.45, 2.75) is 24.8 Å². The van der Waals surface area contributed by atoms with Crippen molar-refractivity contribution in [2.75, 3.05) is 0 Å². The summed E-state index contributed by atoms with van der Waals surface area (Å²) in [6, 6.07) is 11.2. The molecule has 0 spiro atoms. The molecule has 2 aliphatic carbocycles. The van der Waals surface area contributed by atoms with Crippen LogP contribution >= 0.6 is 0 Å². The van der Waals surface area contributed by atoms with Crippen molar-refractivity contribution in [2.24, 2.45) is 17.6 Å². The first kappa shape index (κ1) is 10.5. The van der Waals surface area contributed by atoms with Crippen molar-refractivity contribution in [1.29, 1.82) is 0 Å². The van der Waals surface area contributed by atoms with Crippen LogP contribution in [0.25, 0.3) is 10.8 Å². The van der Waals surface area contributed by atoms with E-state index in [2.05, 4.69) is 0 Å². The maximum absolute atomic E-state index is 13.8. The van der Waals surface area contributed by atoms with Gasteiger partial charge in [0.05, 0.1) is 0 Å². The molecule has 0 aliphatic heterocycles. The summed E-state index contributed by atoms with van der Waals surface area (Å²) >= 11 is 0. The zero-order valence-electron chi connectivity index (χ0n) is 10.2. The highest BCUT2D eigenvalue weighted by molar-refractivity contribution is 5.87. The van der Waals surface area contributed by atoms with Crippen molar-refractivity contribution in [3.63, 3.8) is 0 Å². The van der Waals surface area contributed by atoms with E-state index >= 15 is 0 Å². The molecule has 2 saturated carbocycles. The number of rotatable bonds is 1. The van der Waals surface area contributed by atoms with Crippen LogP contribution in [0.1, 0.15) is 24.8 Å². The quantitative estimate of drug-likeness (QED) is 0.811. The Hall–Kier alpha value is -1.41. The summed E-state index contributed by atoms with van der Waals surface area (Å²) in [5.41, 5.74) is 7.57. The van der Waals surface area contributed by atoms with Crippen LogP contribution in [0.15, 0.2) is 36.4 Å². The van der Waals surface area contributed by atoms with Gasteiger partial charge in [0, 0.05) is 10.9 Å². The standard InChI is InChI=1S/C16H16FN/c17-15-9-8-12(10-4-1-2-5-11(10)15)16(18)13-6-3-7-14(13)16/h1-2,4-5,8-9,13-14H,3,6-7,18H2. The smallest absolute Gasteiger partial charge is 0.131 e. The molecular weight excluding hydrogens is 225 g/mol. The molecule has 4 rings (SSSR count). The lowest BCUT2D eigenvalue weighted by Gasteiger charge is -2.18. The molecule has 2 aliphatic rings. The highest BCUT2D eigenvalue weighted by atomic mass is 19.1. The molecular formula is C16H16FN. The average Bonchev–Trinajstić information content (AvgIpc) is 2.80. The van der Waals surface area contributed by atoms with Crippen molar-refractivity contribution < 1.29 is 4.39 Å². The molecule has 2 unspecified atom stereocenters. The highest BCUT2D eigenvalue weighted by Gasteiger charge is 2.64. The molecule has 92 valence electrons. The summed E-state index contributed by atoms with van der Waals surface area (Å²) in [5.74, 6) is 1.08. The zero-order chi connectivity index (χ0) is 12.3. The first-order valence-corrected chi connectivity index (χ1v) is 6.69. The third-order valence-electron chi connectivity index (χ3n) is 4.97. The van der Waals surface area contributed by atoms with E-state index in [0.717, 1.165) is 10.9 Å². The second kappa shape index (κ2) is 3.33. The fraction of sp³-hybridized carbons (Fsp3) is 0.375. The molecule has 2 N–H and O–H groups in total. The number of benzene rings is 2. The largest absolute Gasteiger partial charge is 0.321 e. The minimum Gasteiger partial charge on any atom is -0.321 e. The normalized spacial score (nSPS) is 33.7. The number of hydrogen-bond acceptors (Lipinski definition) is 1. The van der Waals surface area contributed by atoms with Gasteiger partial charge in [-0.2, -0.15) is 0 Å². The van der Waals surface area contributed by atoms with Gasteiger partial charge in [0.2, 0.25) is 0 Å². The summed E-state index contributed by atoms with van der Waals surface area (Å²) in [6.07, 6.45) is 3.76. The number of hydrogen-bond donors (Lipinski definition) is 1. The van der Waals surface area contributed by atoms with E-state index in [1.54, 1.807) is 6.07 Å². The monoisotopic (exact) mass is 241 g/mol. The van der Waals surface area contributed by atoms with E-state index in [1.807, 2.05) is 30.3 Å². The van der Waals surface area contributed by atoms with Crippen molar-refractivity contribution in [1.82, 2.24) is 0 Å². The molecule has 2 aromatic rings. The highest BCUT2D eigenvalue weighted by Crippen LogP contribution is 2.65. The number of fused-ring (bicyclic) bond motifs is 2. The van der Waals surface area contributed by atoms with Crippen molar-refractivity contribution >= 4 is 10.8 Å². The van der Waals surface area contributed by atoms with Gasteiger partial charge in [-0.3, -0.25) is 0 Å². The van der Waals surface area contributed by atoms with Gasteiger partial charge in [-0.15, -0.1) is 0 Å². The summed E-state index contributed by atoms with van der Waals surface area (Å²) < 4.78 is 13.8. The molecule has 0 saturated heterocycles. The fourth-order valence-corrected chi connectivity index (χ4v) is 4.04. The van der Waals surface area contributed by atoms with Crippen molar-refractivity contribution in [3.8, 4) is 0 Å². The molecule has 18 heavy (non-hydrogen) atoms. The van der Waals surface area contributed by atoms with E-state index in [9.17, 15) is 4.39 Å². The van der Waals surface area contributed by atoms with Crippen LogP contribution in [0.3, 0.4) is 0 Å². The Morgan fingerprint density at radius 2 is 1.67 bits per heavy atom. The lowest BCUT2D eigenvalue weighted by atomic mass is 9.92. The SMILES string of the molecule is NC1(c2ccc(F)c3ccccc23)C2CCCC21. The van der Waals surface area contributed by atoms with E-state index in [1.165, 1.54) is 19.3 Å². The van der Waals surface area contributed by atoms with Gasteiger partial charge < -0.3 is 5.73 Å². The van der Waals surface area contributed by atoms with Gasteiger partial charge in [0.15, 0.2) is 0 Å². The van der Waals surface area contributed by atoms with Crippen LogP contribution in [-0.2, 0) is 5.54 Å². The molecule has 1 nitrogen and oxygen atoms in total.